The predicted molar refractivity (Wildman–Crippen MR) is 87.9 cm³/mol. The molecule has 0 fully saturated rings. The van der Waals surface area contributed by atoms with Crippen molar-refractivity contribution in [3.63, 3.8) is 0 Å². The maximum absolute atomic E-state index is 13.3. The molecule has 4 rings (SSSR count). The van der Waals surface area contributed by atoms with Crippen molar-refractivity contribution in [3.8, 4) is 0 Å². The number of nitrogens with one attached hydrogen (secondary N) is 1. The molecule has 2 aliphatic rings. The molecule has 0 bridgehead atoms. The first kappa shape index (κ1) is 16.9. The van der Waals surface area contributed by atoms with Gasteiger partial charge in [0, 0.05) is 18.5 Å². The molecule has 1 aromatic heterocycles. The summed E-state index contributed by atoms with van der Waals surface area (Å²) in [4.78, 5) is 13.0. The number of alkyl halides is 3. The minimum atomic E-state index is -4.50. The highest BCUT2D eigenvalue weighted by Gasteiger charge is 2.38. The predicted octanol–water partition coefficient (Wildman–Crippen LogP) is 2.80. The molecule has 2 aromatic rings. The maximum Gasteiger partial charge on any atom is 0.418 e. The molecule has 1 aromatic carbocycles. The monoisotopic (exact) mass is 366 g/mol. The lowest BCUT2D eigenvalue weighted by Crippen LogP contribution is -2.29. The minimum Gasteiger partial charge on any atom is -0.384 e. The van der Waals surface area contributed by atoms with Gasteiger partial charge in [-0.3, -0.25) is 4.79 Å². The van der Waals surface area contributed by atoms with Crippen molar-refractivity contribution in [2.45, 2.75) is 31.5 Å². The molecule has 3 N–H and O–H groups in total. The fourth-order valence-corrected chi connectivity index (χ4v) is 3.58. The highest BCUT2D eigenvalue weighted by Crippen LogP contribution is 2.42. The summed E-state index contributed by atoms with van der Waals surface area (Å²) in [6, 6.07) is 3.87. The Hall–Kier alpha value is -2.55. The number of hydrogen-bond donors (Lipinski definition) is 2. The molecule has 138 valence electrons. The third-order valence-electron chi connectivity index (χ3n) is 4.86. The van der Waals surface area contributed by atoms with Gasteiger partial charge in [0.25, 0.3) is 5.91 Å². The van der Waals surface area contributed by atoms with E-state index >= 15 is 0 Å². The molecular formula is C17H17F3N4O2. The molecule has 9 heteroatoms. The number of nitrogen functional groups attached to an aromatic ring is 1. The lowest BCUT2D eigenvalue weighted by Gasteiger charge is -2.28. The van der Waals surface area contributed by atoms with Crippen LogP contribution in [-0.4, -0.2) is 28.8 Å². The zero-order valence-electron chi connectivity index (χ0n) is 13.8. The van der Waals surface area contributed by atoms with Gasteiger partial charge in [0.15, 0.2) is 0 Å². The fraction of sp³-hybridized carbons (Fsp3) is 0.412. The van der Waals surface area contributed by atoms with Crippen molar-refractivity contribution >= 4 is 17.4 Å². The second-order valence-corrected chi connectivity index (χ2v) is 6.40. The number of fused-ring (bicyclic) bond motifs is 2. The molecule has 26 heavy (non-hydrogen) atoms. The van der Waals surface area contributed by atoms with Crippen LogP contribution in [0.25, 0.3) is 0 Å². The average Bonchev–Trinajstić information content (AvgIpc) is 2.96. The van der Waals surface area contributed by atoms with Gasteiger partial charge >= 0.3 is 6.18 Å². The summed E-state index contributed by atoms with van der Waals surface area (Å²) in [5.74, 6) is -0.950. The van der Waals surface area contributed by atoms with E-state index in [1.807, 2.05) is 0 Å². The second-order valence-electron chi connectivity index (χ2n) is 6.40. The summed E-state index contributed by atoms with van der Waals surface area (Å²) in [7, 11) is 0. The van der Waals surface area contributed by atoms with Crippen LogP contribution in [0.3, 0.4) is 0 Å². The van der Waals surface area contributed by atoms with Gasteiger partial charge in [-0.2, -0.15) is 23.0 Å². The number of aromatic nitrogens is 2. The van der Waals surface area contributed by atoms with E-state index in [1.165, 1.54) is 6.07 Å². The Bertz CT molecular complexity index is 876. The number of para-hydroxylation sites is 1. The summed E-state index contributed by atoms with van der Waals surface area (Å²) in [6.45, 7) is 1.05. The summed E-state index contributed by atoms with van der Waals surface area (Å²) >= 11 is 0. The van der Waals surface area contributed by atoms with E-state index in [4.69, 9.17) is 10.5 Å². The molecule has 0 saturated carbocycles. The Morgan fingerprint density at radius 3 is 2.92 bits per heavy atom. The number of anilines is 2. The smallest absolute Gasteiger partial charge is 0.384 e. The lowest BCUT2D eigenvalue weighted by molar-refractivity contribution is -0.137. The first-order valence-corrected chi connectivity index (χ1v) is 8.30. The van der Waals surface area contributed by atoms with Gasteiger partial charge in [-0.25, -0.2) is 0 Å². The van der Waals surface area contributed by atoms with Crippen LogP contribution in [-0.2, 0) is 23.9 Å². The molecule has 0 amide bonds. The fourth-order valence-electron chi connectivity index (χ4n) is 3.58. The first-order valence-electron chi connectivity index (χ1n) is 8.30. The van der Waals surface area contributed by atoms with Gasteiger partial charge in [-0.1, -0.05) is 12.1 Å². The van der Waals surface area contributed by atoms with Gasteiger partial charge in [-0.05, 0) is 18.1 Å². The van der Waals surface area contributed by atoms with Crippen LogP contribution in [0, 0.1) is 0 Å². The number of ether oxygens (including phenoxy) is 1. The van der Waals surface area contributed by atoms with Crippen LogP contribution in [0.2, 0.25) is 0 Å². The number of nitrogens with zero attached hydrogens (tertiary/aromatic N) is 2. The molecule has 2 aliphatic heterocycles. The van der Waals surface area contributed by atoms with E-state index in [9.17, 15) is 18.0 Å². The zero-order chi connectivity index (χ0) is 18.5. The normalized spacial score (nSPS) is 19.4. The Morgan fingerprint density at radius 2 is 2.19 bits per heavy atom. The van der Waals surface area contributed by atoms with E-state index in [1.54, 1.807) is 6.07 Å². The van der Waals surface area contributed by atoms with E-state index in [-0.39, 0.29) is 24.7 Å². The van der Waals surface area contributed by atoms with Crippen LogP contribution in [0.15, 0.2) is 18.2 Å². The number of nitrogens with two attached hydrogens (primary N) is 1. The number of hydrogen-bond acceptors (Lipinski definition) is 5. The Balaban J connectivity index is 1.75. The molecule has 0 spiro atoms. The topological polar surface area (TPSA) is 82.2 Å². The molecule has 1 atom stereocenters. The molecule has 0 radical (unpaired) electrons. The van der Waals surface area contributed by atoms with Gasteiger partial charge in [-0.15, -0.1) is 0 Å². The standard InChI is InChI=1S/C17H17F3N4O2/c18-17(19,20)12-3-1-2-9-10(4-6-22-14(9)12)16(25)24-15(21)11-8-26-7-5-13(11)23-24/h1-3,10,22H,4-8,21H2. The minimum absolute atomic E-state index is 0.0385. The molecule has 1 unspecified atom stereocenters. The van der Waals surface area contributed by atoms with E-state index in [0.717, 1.165) is 10.7 Å². The summed E-state index contributed by atoms with van der Waals surface area (Å²) in [5, 5.41) is 7.07. The summed E-state index contributed by atoms with van der Waals surface area (Å²) in [6.07, 6.45) is -3.57. The van der Waals surface area contributed by atoms with Crippen LogP contribution in [0.1, 0.15) is 39.5 Å². The number of benzene rings is 1. The van der Waals surface area contributed by atoms with Crippen molar-refractivity contribution < 1.29 is 22.7 Å². The van der Waals surface area contributed by atoms with E-state index < -0.39 is 23.6 Å². The Labute approximate surface area is 147 Å². The second kappa shape index (κ2) is 6.01. The Morgan fingerprint density at radius 1 is 1.38 bits per heavy atom. The molecular weight excluding hydrogens is 349 g/mol. The quantitative estimate of drug-likeness (QED) is 0.811. The highest BCUT2D eigenvalue weighted by atomic mass is 19.4. The molecule has 0 aliphatic carbocycles. The first-order chi connectivity index (χ1) is 12.4. The van der Waals surface area contributed by atoms with Crippen molar-refractivity contribution in [3.05, 3.63) is 40.6 Å². The Kier molecular flexibility index (Phi) is 3.91. The molecule has 3 heterocycles. The molecule has 0 saturated heterocycles. The highest BCUT2D eigenvalue weighted by molar-refractivity contribution is 5.90. The van der Waals surface area contributed by atoms with Crippen molar-refractivity contribution in [2.75, 3.05) is 24.2 Å². The van der Waals surface area contributed by atoms with Gasteiger partial charge in [0.2, 0.25) is 0 Å². The number of carbonyl (C=O) groups is 1. The third kappa shape index (κ3) is 2.63. The SMILES string of the molecule is Nc1c2c(nn1C(=O)C1CCNc3c1cccc3C(F)(F)F)CCOC2. The summed E-state index contributed by atoms with van der Waals surface area (Å²) < 4.78 is 46.3. The number of rotatable bonds is 1. The van der Waals surface area contributed by atoms with Crippen LogP contribution >= 0.6 is 0 Å². The lowest BCUT2D eigenvalue weighted by atomic mass is 9.88. The van der Waals surface area contributed by atoms with Crippen molar-refractivity contribution in [1.82, 2.24) is 9.78 Å². The van der Waals surface area contributed by atoms with Gasteiger partial charge in [0.1, 0.15) is 5.82 Å². The van der Waals surface area contributed by atoms with Crippen molar-refractivity contribution in [2.24, 2.45) is 0 Å². The summed E-state index contributed by atoms with van der Waals surface area (Å²) in [5.41, 5.74) is 6.96. The van der Waals surface area contributed by atoms with Crippen LogP contribution < -0.4 is 11.1 Å². The van der Waals surface area contributed by atoms with Crippen LogP contribution in [0.5, 0.6) is 0 Å². The van der Waals surface area contributed by atoms with E-state index in [2.05, 4.69) is 10.4 Å². The molecule has 6 nitrogen and oxygen atoms in total. The van der Waals surface area contributed by atoms with Crippen LogP contribution in [0.4, 0.5) is 24.7 Å². The average molecular weight is 366 g/mol. The zero-order valence-corrected chi connectivity index (χ0v) is 13.8. The number of halogens is 3. The van der Waals surface area contributed by atoms with Crippen molar-refractivity contribution in [1.29, 1.82) is 0 Å². The van der Waals surface area contributed by atoms with Gasteiger partial charge in [0.05, 0.1) is 36.1 Å². The largest absolute Gasteiger partial charge is 0.418 e. The maximum atomic E-state index is 13.3. The van der Waals surface area contributed by atoms with Gasteiger partial charge < -0.3 is 15.8 Å². The number of carbonyl (C=O) groups excluding carboxylic acids is 1. The third-order valence-corrected chi connectivity index (χ3v) is 4.86. The van der Waals surface area contributed by atoms with E-state index in [0.29, 0.717) is 36.3 Å².